The molecule has 1 aromatic rings. The molecular weight excluding hydrogens is 268 g/mol. The summed E-state index contributed by atoms with van der Waals surface area (Å²) in [5.41, 5.74) is 0. The summed E-state index contributed by atoms with van der Waals surface area (Å²) in [7, 11) is -3.29. The number of likely N-dealkylation sites (N-methyl/N-ethyl adjacent to an activating group) is 1. The smallest absolute Gasteiger partial charge is 0.250 e. The molecule has 1 aromatic heterocycles. The van der Waals surface area contributed by atoms with Crippen LogP contribution in [0.1, 0.15) is 25.1 Å². The highest BCUT2D eigenvalue weighted by molar-refractivity contribution is 7.91. The van der Waals surface area contributed by atoms with E-state index >= 15 is 0 Å². The van der Waals surface area contributed by atoms with Crippen molar-refractivity contribution in [2.45, 2.75) is 36.9 Å². The van der Waals surface area contributed by atoms with Gasteiger partial charge in [-0.05, 0) is 44.0 Å². The summed E-state index contributed by atoms with van der Waals surface area (Å²) in [6.45, 7) is 5.95. The quantitative estimate of drug-likeness (QED) is 0.749. The van der Waals surface area contributed by atoms with E-state index in [0.29, 0.717) is 10.1 Å². The minimum Gasteiger partial charge on any atom is -0.317 e. The van der Waals surface area contributed by atoms with Crippen LogP contribution in [-0.4, -0.2) is 27.5 Å². The molecule has 0 aliphatic heterocycles. The van der Waals surface area contributed by atoms with E-state index in [9.17, 15) is 8.42 Å². The molecule has 6 heteroatoms. The van der Waals surface area contributed by atoms with Crippen molar-refractivity contribution >= 4 is 21.4 Å². The van der Waals surface area contributed by atoms with Gasteiger partial charge in [0.15, 0.2) is 0 Å². The highest BCUT2D eigenvalue weighted by Crippen LogP contribution is 2.31. The van der Waals surface area contributed by atoms with Gasteiger partial charge in [0, 0.05) is 10.9 Å². The molecule has 0 saturated heterocycles. The number of hydrogen-bond acceptors (Lipinski definition) is 4. The van der Waals surface area contributed by atoms with E-state index in [1.165, 1.54) is 11.3 Å². The molecule has 1 saturated carbocycles. The van der Waals surface area contributed by atoms with Gasteiger partial charge in [0.25, 0.3) is 0 Å². The first kappa shape index (κ1) is 14.0. The molecule has 0 radical (unpaired) electrons. The fourth-order valence-electron chi connectivity index (χ4n) is 1.77. The molecule has 2 unspecified atom stereocenters. The van der Waals surface area contributed by atoms with Gasteiger partial charge in [-0.2, -0.15) is 0 Å². The Bertz CT molecular complexity index is 496. The normalized spacial score (nSPS) is 23.2. The van der Waals surface area contributed by atoms with Crippen molar-refractivity contribution in [1.29, 1.82) is 0 Å². The number of sulfonamides is 1. The summed E-state index contributed by atoms with van der Waals surface area (Å²) in [4.78, 5) is 1.11. The van der Waals surface area contributed by atoms with Crippen LogP contribution < -0.4 is 10.0 Å². The number of hydrogen-bond donors (Lipinski definition) is 2. The average molecular weight is 288 g/mol. The monoisotopic (exact) mass is 288 g/mol. The van der Waals surface area contributed by atoms with Crippen LogP contribution in [0.4, 0.5) is 0 Å². The molecule has 2 atom stereocenters. The molecule has 18 heavy (non-hydrogen) atoms. The van der Waals surface area contributed by atoms with Crippen LogP contribution in [0.25, 0.3) is 0 Å². The molecule has 0 amide bonds. The second-order valence-corrected chi connectivity index (χ2v) is 7.87. The lowest BCUT2D eigenvalue weighted by atomic mass is 10.3. The molecular formula is C12H20N2O2S2. The second kappa shape index (κ2) is 5.69. The Kier molecular flexibility index (Phi) is 4.42. The van der Waals surface area contributed by atoms with Gasteiger partial charge >= 0.3 is 0 Å². The summed E-state index contributed by atoms with van der Waals surface area (Å²) >= 11 is 1.37. The summed E-state index contributed by atoms with van der Waals surface area (Å²) in [5, 5.41) is 3.23. The van der Waals surface area contributed by atoms with Gasteiger partial charge < -0.3 is 5.32 Å². The van der Waals surface area contributed by atoms with Crippen molar-refractivity contribution in [3.63, 3.8) is 0 Å². The third-order valence-corrected chi connectivity index (χ3v) is 6.24. The molecule has 1 aliphatic rings. The molecule has 102 valence electrons. The van der Waals surface area contributed by atoms with E-state index in [0.717, 1.165) is 30.8 Å². The molecule has 1 heterocycles. The number of nitrogens with one attached hydrogen (secondary N) is 2. The van der Waals surface area contributed by atoms with E-state index in [1.54, 1.807) is 6.07 Å². The van der Waals surface area contributed by atoms with E-state index in [2.05, 4.69) is 23.9 Å². The van der Waals surface area contributed by atoms with E-state index in [4.69, 9.17) is 0 Å². The van der Waals surface area contributed by atoms with Crippen molar-refractivity contribution in [3.8, 4) is 0 Å². The van der Waals surface area contributed by atoms with Crippen molar-refractivity contribution in [1.82, 2.24) is 10.0 Å². The zero-order valence-electron chi connectivity index (χ0n) is 10.8. The Morgan fingerprint density at radius 3 is 2.78 bits per heavy atom. The number of rotatable bonds is 7. The topological polar surface area (TPSA) is 58.2 Å². The highest BCUT2D eigenvalue weighted by Gasteiger charge is 2.36. The van der Waals surface area contributed by atoms with Gasteiger partial charge in [0.2, 0.25) is 10.0 Å². The lowest BCUT2D eigenvalue weighted by molar-refractivity contribution is 0.580. The molecule has 2 N–H and O–H groups in total. The Hall–Kier alpha value is -0.430. The number of thiophene rings is 1. The summed E-state index contributed by atoms with van der Waals surface area (Å²) in [6.07, 6.45) is 1.84. The minimum absolute atomic E-state index is 0.141. The molecule has 2 rings (SSSR count). The maximum Gasteiger partial charge on any atom is 0.250 e. The van der Waals surface area contributed by atoms with Gasteiger partial charge in [0.1, 0.15) is 4.21 Å². The maximum atomic E-state index is 12.1. The Morgan fingerprint density at radius 2 is 2.17 bits per heavy atom. The molecule has 1 fully saturated rings. The van der Waals surface area contributed by atoms with Crippen LogP contribution in [0.5, 0.6) is 0 Å². The van der Waals surface area contributed by atoms with Gasteiger partial charge in [-0.1, -0.05) is 13.8 Å². The second-order valence-electron chi connectivity index (χ2n) is 4.77. The van der Waals surface area contributed by atoms with Gasteiger partial charge in [-0.25, -0.2) is 13.1 Å². The minimum atomic E-state index is -3.29. The van der Waals surface area contributed by atoms with Crippen molar-refractivity contribution in [2.24, 2.45) is 5.92 Å². The summed E-state index contributed by atoms with van der Waals surface area (Å²) in [6, 6.07) is 3.76. The first-order valence-electron chi connectivity index (χ1n) is 6.34. The molecule has 1 aliphatic carbocycles. The zero-order valence-corrected chi connectivity index (χ0v) is 12.4. The molecule has 0 spiro atoms. The van der Waals surface area contributed by atoms with Crippen molar-refractivity contribution in [2.75, 3.05) is 13.1 Å². The van der Waals surface area contributed by atoms with Crippen molar-refractivity contribution < 1.29 is 8.42 Å². The standard InChI is InChI=1S/C12H20N2O2S2/c1-3-13-7-6-10-4-5-12(17-10)18(15,16)14-11-8-9(11)2/h4-5,9,11,13-14H,3,6-8H2,1-2H3. The van der Waals surface area contributed by atoms with Crippen LogP contribution in [0, 0.1) is 5.92 Å². The first-order chi connectivity index (χ1) is 8.53. The third-order valence-electron chi connectivity index (χ3n) is 3.12. The van der Waals surface area contributed by atoms with Crippen molar-refractivity contribution in [3.05, 3.63) is 17.0 Å². The Labute approximate surface area is 113 Å². The predicted octanol–water partition coefficient (Wildman–Crippen LogP) is 1.59. The predicted molar refractivity (Wildman–Crippen MR) is 74.5 cm³/mol. The van der Waals surface area contributed by atoms with Gasteiger partial charge in [-0.3, -0.25) is 0 Å². The van der Waals surface area contributed by atoms with Crippen LogP contribution in [0.15, 0.2) is 16.3 Å². The fraction of sp³-hybridized carbons (Fsp3) is 0.667. The van der Waals surface area contributed by atoms with Crippen LogP contribution in [0.3, 0.4) is 0 Å². The van der Waals surface area contributed by atoms with Gasteiger partial charge in [-0.15, -0.1) is 11.3 Å². The largest absolute Gasteiger partial charge is 0.317 e. The van der Waals surface area contributed by atoms with E-state index < -0.39 is 10.0 Å². The zero-order chi connectivity index (χ0) is 13.2. The highest BCUT2D eigenvalue weighted by atomic mass is 32.2. The fourth-order valence-corrected chi connectivity index (χ4v) is 4.50. The first-order valence-corrected chi connectivity index (χ1v) is 8.64. The van der Waals surface area contributed by atoms with E-state index in [-0.39, 0.29) is 6.04 Å². The van der Waals surface area contributed by atoms with Crippen LogP contribution in [-0.2, 0) is 16.4 Å². The average Bonchev–Trinajstić information content (AvgIpc) is 2.82. The summed E-state index contributed by atoms with van der Waals surface area (Å²) in [5.74, 6) is 0.480. The summed E-state index contributed by atoms with van der Waals surface area (Å²) < 4.78 is 27.3. The lowest BCUT2D eigenvalue weighted by Gasteiger charge is -2.02. The lowest BCUT2D eigenvalue weighted by Crippen LogP contribution is -2.26. The van der Waals surface area contributed by atoms with Crippen LogP contribution in [0.2, 0.25) is 0 Å². The Balaban J connectivity index is 1.95. The Morgan fingerprint density at radius 1 is 1.44 bits per heavy atom. The molecule has 0 bridgehead atoms. The van der Waals surface area contributed by atoms with Crippen LogP contribution >= 0.6 is 11.3 Å². The SMILES string of the molecule is CCNCCc1ccc(S(=O)(=O)NC2CC2C)s1. The maximum absolute atomic E-state index is 12.1. The van der Waals surface area contributed by atoms with Gasteiger partial charge in [0.05, 0.1) is 0 Å². The molecule has 0 aromatic carbocycles. The third kappa shape index (κ3) is 3.54. The molecule has 4 nitrogen and oxygen atoms in total. The van der Waals surface area contributed by atoms with E-state index in [1.807, 2.05) is 6.07 Å².